The van der Waals surface area contributed by atoms with E-state index in [9.17, 15) is 0 Å². The molecule has 0 radical (unpaired) electrons. The van der Waals surface area contributed by atoms with Gasteiger partial charge in [-0.25, -0.2) is 0 Å². The minimum Gasteiger partial charge on any atom is -0.296 e. The van der Waals surface area contributed by atoms with Crippen LogP contribution in [0.15, 0.2) is 0 Å². The van der Waals surface area contributed by atoms with Crippen LogP contribution in [0.2, 0.25) is 0 Å². The van der Waals surface area contributed by atoms with Gasteiger partial charge in [0.1, 0.15) is 0 Å². The molecule has 2 fully saturated rings. The highest BCUT2D eigenvalue weighted by Crippen LogP contribution is 2.30. The lowest BCUT2D eigenvalue weighted by molar-refractivity contribution is 0.198. The fraction of sp³-hybridized carbons (Fsp3) is 1.00. The molecule has 0 spiro atoms. The van der Waals surface area contributed by atoms with Gasteiger partial charge in [0, 0.05) is 23.6 Å². The van der Waals surface area contributed by atoms with E-state index in [0.717, 1.165) is 12.1 Å². The van der Waals surface area contributed by atoms with Gasteiger partial charge in [-0.2, -0.15) is 11.8 Å². The average Bonchev–Trinajstić information content (AvgIpc) is 2.32. The monoisotopic (exact) mass is 171 g/mol. The summed E-state index contributed by atoms with van der Waals surface area (Å²) < 4.78 is 0. The number of rotatable bonds is 2. The van der Waals surface area contributed by atoms with E-state index in [-0.39, 0.29) is 0 Å². The van der Waals surface area contributed by atoms with Gasteiger partial charge in [0.25, 0.3) is 0 Å². The summed E-state index contributed by atoms with van der Waals surface area (Å²) in [4.78, 5) is 2.75. The maximum absolute atomic E-state index is 2.75. The topological polar surface area (TPSA) is 3.24 Å². The Hall–Kier alpha value is 0.310. The molecule has 0 amide bonds. The van der Waals surface area contributed by atoms with E-state index in [2.05, 4.69) is 23.6 Å². The van der Waals surface area contributed by atoms with Crippen molar-refractivity contribution in [2.24, 2.45) is 0 Å². The molecule has 2 rings (SSSR count). The van der Waals surface area contributed by atoms with Gasteiger partial charge < -0.3 is 0 Å². The molecule has 2 heteroatoms. The van der Waals surface area contributed by atoms with Gasteiger partial charge in [0.2, 0.25) is 0 Å². The Bertz CT molecular complexity index is 134. The van der Waals surface area contributed by atoms with Crippen LogP contribution in [0, 0.1) is 0 Å². The molecule has 1 atom stereocenters. The third-order valence-electron chi connectivity index (χ3n) is 2.98. The second-order valence-corrected chi connectivity index (χ2v) is 4.71. The molecule has 0 aromatic carbocycles. The largest absolute Gasteiger partial charge is 0.296 e. The van der Waals surface area contributed by atoms with Crippen molar-refractivity contribution in [2.45, 2.75) is 38.3 Å². The van der Waals surface area contributed by atoms with Crippen molar-refractivity contribution in [1.29, 1.82) is 0 Å². The number of hydrogen-bond acceptors (Lipinski definition) is 2. The summed E-state index contributed by atoms with van der Waals surface area (Å²) in [6.45, 7) is 3.71. The quantitative estimate of drug-likeness (QED) is 0.625. The van der Waals surface area contributed by atoms with Crippen LogP contribution in [-0.2, 0) is 0 Å². The van der Waals surface area contributed by atoms with Crippen molar-refractivity contribution < 1.29 is 0 Å². The maximum Gasteiger partial charge on any atom is 0.0279 e. The van der Waals surface area contributed by atoms with Gasteiger partial charge in [0.05, 0.1) is 0 Å². The number of thioether (sulfide) groups is 1. The lowest BCUT2D eigenvalue weighted by atomic mass is 10.1. The Kier molecular flexibility index (Phi) is 2.42. The lowest BCUT2D eigenvalue weighted by Crippen LogP contribution is -2.46. The van der Waals surface area contributed by atoms with Gasteiger partial charge in [-0.15, -0.1) is 0 Å². The first-order valence-corrected chi connectivity index (χ1v) is 5.90. The number of hydrogen-bond donors (Lipinski definition) is 0. The van der Waals surface area contributed by atoms with Gasteiger partial charge in [-0.3, -0.25) is 4.90 Å². The molecular weight excluding hydrogens is 154 g/mol. The SMILES string of the molecule is CC[C@H]1CCCN1C1CSC1. The highest BCUT2D eigenvalue weighted by Gasteiger charge is 2.32. The van der Waals surface area contributed by atoms with Crippen LogP contribution in [0.25, 0.3) is 0 Å². The fourth-order valence-corrected chi connectivity index (χ4v) is 3.02. The van der Waals surface area contributed by atoms with Gasteiger partial charge in [0.15, 0.2) is 0 Å². The van der Waals surface area contributed by atoms with E-state index in [1.807, 2.05) is 0 Å². The van der Waals surface area contributed by atoms with Crippen LogP contribution in [0.3, 0.4) is 0 Å². The third kappa shape index (κ3) is 1.43. The Labute approximate surface area is 73.5 Å². The molecular formula is C9H17NS. The summed E-state index contributed by atoms with van der Waals surface area (Å²) in [5.74, 6) is 2.80. The Morgan fingerprint density at radius 3 is 2.82 bits per heavy atom. The van der Waals surface area contributed by atoms with Crippen molar-refractivity contribution in [2.75, 3.05) is 18.1 Å². The van der Waals surface area contributed by atoms with Crippen molar-refractivity contribution in [3.05, 3.63) is 0 Å². The van der Waals surface area contributed by atoms with E-state index >= 15 is 0 Å². The molecule has 0 unspecified atom stereocenters. The minimum atomic E-state index is 0.931. The van der Waals surface area contributed by atoms with E-state index < -0.39 is 0 Å². The van der Waals surface area contributed by atoms with Crippen molar-refractivity contribution >= 4 is 11.8 Å². The van der Waals surface area contributed by atoms with E-state index in [0.29, 0.717) is 0 Å². The molecule has 0 N–H and O–H groups in total. The smallest absolute Gasteiger partial charge is 0.0279 e. The summed E-state index contributed by atoms with van der Waals surface area (Å²) in [5, 5.41) is 0. The van der Waals surface area contributed by atoms with E-state index in [1.54, 1.807) is 0 Å². The van der Waals surface area contributed by atoms with Gasteiger partial charge in [-0.1, -0.05) is 6.92 Å². The molecule has 2 aliphatic rings. The highest BCUT2D eigenvalue weighted by molar-refractivity contribution is 8.00. The van der Waals surface area contributed by atoms with Crippen molar-refractivity contribution in [3.8, 4) is 0 Å². The second-order valence-electron chi connectivity index (χ2n) is 3.63. The van der Waals surface area contributed by atoms with Crippen LogP contribution in [0.1, 0.15) is 26.2 Å². The summed E-state index contributed by atoms with van der Waals surface area (Å²) in [6.07, 6.45) is 4.26. The first-order valence-electron chi connectivity index (χ1n) is 4.75. The third-order valence-corrected chi connectivity index (χ3v) is 4.22. The molecule has 0 aliphatic carbocycles. The zero-order valence-electron chi connectivity index (χ0n) is 7.25. The van der Waals surface area contributed by atoms with E-state index in [1.165, 1.54) is 37.3 Å². The molecule has 2 heterocycles. The number of likely N-dealkylation sites (tertiary alicyclic amines) is 1. The first-order chi connectivity index (χ1) is 5.42. The lowest BCUT2D eigenvalue weighted by Gasteiger charge is -2.37. The number of nitrogens with zero attached hydrogens (tertiary/aromatic N) is 1. The standard InChI is InChI=1S/C9H17NS/c1-2-8-4-3-5-10(8)9-6-11-7-9/h8-9H,2-7H2,1H3/t8-/m0/s1. The van der Waals surface area contributed by atoms with Crippen LogP contribution < -0.4 is 0 Å². The molecule has 0 saturated carbocycles. The molecule has 2 saturated heterocycles. The Morgan fingerprint density at radius 2 is 2.27 bits per heavy atom. The van der Waals surface area contributed by atoms with E-state index in [4.69, 9.17) is 0 Å². The van der Waals surface area contributed by atoms with Crippen LogP contribution in [0.5, 0.6) is 0 Å². The predicted molar refractivity (Wildman–Crippen MR) is 51.1 cm³/mol. The fourth-order valence-electron chi connectivity index (χ4n) is 2.19. The molecule has 0 aromatic heterocycles. The summed E-state index contributed by atoms with van der Waals surface area (Å²) >= 11 is 2.10. The zero-order chi connectivity index (χ0) is 7.68. The zero-order valence-corrected chi connectivity index (χ0v) is 8.07. The average molecular weight is 171 g/mol. The Balaban J connectivity index is 1.89. The molecule has 0 aromatic rings. The normalized spacial score (nSPS) is 34.1. The summed E-state index contributed by atoms with van der Waals surface area (Å²) in [6, 6.07) is 1.88. The second kappa shape index (κ2) is 3.36. The van der Waals surface area contributed by atoms with Gasteiger partial charge in [-0.05, 0) is 25.8 Å². The van der Waals surface area contributed by atoms with Crippen molar-refractivity contribution in [3.63, 3.8) is 0 Å². The van der Waals surface area contributed by atoms with Gasteiger partial charge >= 0.3 is 0 Å². The summed E-state index contributed by atoms with van der Waals surface area (Å²) in [5.41, 5.74) is 0. The van der Waals surface area contributed by atoms with Crippen LogP contribution in [0.4, 0.5) is 0 Å². The predicted octanol–water partition coefficient (Wildman–Crippen LogP) is 1.98. The van der Waals surface area contributed by atoms with Crippen molar-refractivity contribution in [1.82, 2.24) is 4.90 Å². The maximum atomic E-state index is 2.75. The minimum absolute atomic E-state index is 0.931. The molecule has 64 valence electrons. The molecule has 1 nitrogen and oxygen atoms in total. The van der Waals surface area contributed by atoms with Crippen LogP contribution in [-0.4, -0.2) is 35.0 Å². The Morgan fingerprint density at radius 1 is 1.45 bits per heavy atom. The highest BCUT2D eigenvalue weighted by atomic mass is 32.2. The molecule has 11 heavy (non-hydrogen) atoms. The molecule has 0 bridgehead atoms. The summed E-state index contributed by atoms with van der Waals surface area (Å²) in [7, 11) is 0. The first kappa shape index (κ1) is 7.93. The molecule has 2 aliphatic heterocycles. The van der Waals surface area contributed by atoms with Crippen LogP contribution >= 0.6 is 11.8 Å².